The molecule has 1 aliphatic rings. The normalized spacial score (nSPS) is 16.4. The van der Waals surface area contributed by atoms with E-state index in [0.717, 1.165) is 18.4 Å². The first-order valence-electron chi connectivity index (χ1n) is 6.84. The van der Waals surface area contributed by atoms with Crippen molar-refractivity contribution in [2.24, 2.45) is 5.92 Å². The molecule has 0 atom stereocenters. The molecule has 0 aromatic heterocycles. The van der Waals surface area contributed by atoms with Gasteiger partial charge in [-0.1, -0.05) is 24.1 Å². The minimum atomic E-state index is -3.44. The van der Waals surface area contributed by atoms with Gasteiger partial charge in [0.05, 0.1) is 4.90 Å². The molecule has 1 aromatic rings. The summed E-state index contributed by atoms with van der Waals surface area (Å²) in [5, 5.41) is 3.49. The van der Waals surface area contributed by atoms with Gasteiger partial charge in [-0.25, -0.2) is 12.7 Å². The Morgan fingerprint density at radius 2 is 2.10 bits per heavy atom. The molecule has 0 unspecified atom stereocenters. The van der Waals surface area contributed by atoms with Crippen molar-refractivity contribution >= 4 is 21.6 Å². The van der Waals surface area contributed by atoms with Crippen molar-refractivity contribution in [3.05, 3.63) is 28.8 Å². The molecule has 20 heavy (non-hydrogen) atoms. The van der Waals surface area contributed by atoms with E-state index >= 15 is 0 Å². The smallest absolute Gasteiger partial charge is 0.242 e. The van der Waals surface area contributed by atoms with Gasteiger partial charge in [0.15, 0.2) is 0 Å². The zero-order chi connectivity index (χ0) is 14.8. The highest BCUT2D eigenvalue weighted by atomic mass is 35.5. The van der Waals surface area contributed by atoms with Gasteiger partial charge in [0.1, 0.15) is 0 Å². The van der Waals surface area contributed by atoms with Crippen LogP contribution in [0, 0.1) is 5.92 Å². The predicted molar refractivity (Wildman–Crippen MR) is 81.4 cm³/mol. The van der Waals surface area contributed by atoms with Gasteiger partial charge in [-0.3, -0.25) is 0 Å². The Hall–Kier alpha value is -0.620. The zero-order valence-corrected chi connectivity index (χ0v) is 13.5. The number of rotatable bonds is 6. The van der Waals surface area contributed by atoms with Gasteiger partial charge in [0, 0.05) is 25.2 Å². The number of hydrogen-bond donors (Lipinski definition) is 1. The van der Waals surface area contributed by atoms with Crippen LogP contribution in [0.3, 0.4) is 0 Å². The van der Waals surface area contributed by atoms with Crippen molar-refractivity contribution in [1.29, 1.82) is 0 Å². The fourth-order valence-electron chi connectivity index (χ4n) is 2.34. The van der Waals surface area contributed by atoms with E-state index in [-0.39, 0.29) is 4.90 Å². The fraction of sp³-hybridized carbons (Fsp3) is 0.571. The second kappa shape index (κ2) is 6.43. The minimum Gasteiger partial charge on any atom is -0.316 e. The lowest BCUT2D eigenvalue weighted by Gasteiger charge is -2.29. The number of sulfonamides is 1. The summed E-state index contributed by atoms with van der Waals surface area (Å²) in [4.78, 5) is 0.268. The van der Waals surface area contributed by atoms with Crippen molar-refractivity contribution in [3.63, 3.8) is 0 Å². The Kier molecular flexibility index (Phi) is 5.07. The van der Waals surface area contributed by atoms with Crippen LogP contribution < -0.4 is 5.32 Å². The number of halogens is 1. The summed E-state index contributed by atoms with van der Waals surface area (Å²) in [6, 6.07) is 4.94. The van der Waals surface area contributed by atoms with Crippen molar-refractivity contribution in [1.82, 2.24) is 9.62 Å². The molecule has 1 saturated carbocycles. The van der Waals surface area contributed by atoms with E-state index < -0.39 is 10.0 Å². The first kappa shape index (κ1) is 15.8. The molecule has 2 rings (SSSR count). The van der Waals surface area contributed by atoms with E-state index in [1.807, 2.05) is 7.05 Å². The second-order valence-electron chi connectivity index (χ2n) is 5.37. The Morgan fingerprint density at radius 3 is 2.60 bits per heavy atom. The molecule has 1 aromatic carbocycles. The van der Waals surface area contributed by atoms with Gasteiger partial charge in [-0.2, -0.15) is 0 Å². The molecule has 1 fully saturated rings. The molecular weight excluding hydrogens is 296 g/mol. The van der Waals surface area contributed by atoms with Crippen LogP contribution in [0.25, 0.3) is 0 Å². The number of nitrogens with one attached hydrogen (secondary N) is 1. The SMILES string of the molecule is CNCc1ccc(S(=O)(=O)N(C)CC2CCC2)cc1Cl. The summed E-state index contributed by atoms with van der Waals surface area (Å²) < 4.78 is 26.4. The number of benzene rings is 1. The number of nitrogens with zero attached hydrogens (tertiary/aromatic N) is 1. The van der Waals surface area contributed by atoms with Crippen molar-refractivity contribution < 1.29 is 8.42 Å². The molecule has 0 spiro atoms. The van der Waals surface area contributed by atoms with Gasteiger partial charge in [-0.05, 0) is 43.5 Å². The molecule has 0 radical (unpaired) electrons. The van der Waals surface area contributed by atoms with Crippen molar-refractivity contribution in [2.45, 2.75) is 30.7 Å². The summed E-state index contributed by atoms with van der Waals surface area (Å²) in [5.74, 6) is 0.508. The lowest BCUT2D eigenvalue weighted by molar-refractivity contribution is 0.263. The van der Waals surface area contributed by atoms with Gasteiger partial charge < -0.3 is 5.32 Å². The average Bonchev–Trinajstić information content (AvgIpc) is 2.36. The lowest BCUT2D eigenvalue weighted by Crippen LogP contribution is -2.34. The standard InChI is InChI=1S/C14H21ClN2O2S/c1-16-9-12-6-7-13(8-14(12)15)20(18,19)17(2)10-11-4-3-5-11/h6-8,11,16H,3-5,9-10H2,1-2H3. The molecule has 1 N–H and O–H groups in total. The molecule has 4 nitrogen and oxygen atoms in total. The molecular formula is C14H21ClN2O2S. The Morgan fingerprint density at radius 1 is 1.40 bits per heavy atom. The lowest BCUT2D eigenvalue weighted by atomic mass is 9.86. The Balaban J connectivity index is 2.17. The van der Waals surface area contributed by atoms with Crippen LogP contribution in [-0.2, 0) is 16.6 Å². The van der Waals surface area contributed by atoms with Crippen molar-refractivity contribution in [3.8, 4) is 0 Å². The maximum Gasteiger partial charge on any atom is 0.242 e. The summed E-state index contributed by atoms with van der Waals surface area (Å²) in [5.41, 5.74) is 0.898. The third-order valence-corrected chi connectivity index (χ3v) is 6.01. The summed E-state index contributed by atoms with van der Waals surface area (Å²) in [6.07, 6.45) is 3.46. The predicted octanol–water partition coefficient (Wildman–Crippen LogP) is 2.48. The van der Waals surface area contributed by atoms with E-state index in [4.69, 9.17) is 11.6 Å². The highest BCUT2D eigenvalue weighted by Crippen LogP contribution is 2.29. The van der Waals surface area contributed by atoms with E-state index in [1.165, 1.54) is 10.7 Å². The molecule has 112 valence electrons. The van der Waals surface area contributed by atoms with E-state index in [0.29, 0.717) is 24.0 Å². The van der Waals surface area contributed by atoms with E-state index in [9.17, 15) is 8.42 Å². The first-order chi connectivity index (χ1) is 9.45. The largest absolute Gasteiger partial charge is 0.316 e. The summed E-state index contributed by atoms with van der Waals surface area (Å²) >= 11 is 6.14. The Labute approximate surface area is 126 Å². The summed E-state index contributed by atoms with van der Waals surface area (Å²) in [6.45, 7) is 1.22. The monoisotopic (exact) mass is 316 g/mol. The maximum absolute atomic E-state index is 12.5. The van der Waals surface area contributed by atoms with Crippen LogP contribution in [-0.4, -0.2) is 33.4 Å². The quantitative estimate of drug-likeness (QED) is 0.877. The highest BCUT2D eigenvalue weighted by molar-refractivity contribution is 7.89. The van der Waals surface area contributed by atoms with Crippen LogP contribution in [0.2, 0.25) is 5.02 Å². The first-order valence-corrected chi connectivity index (χ1v) is 8.66. The second-order valence-corrected chi connectivity index (χ2v) is 7.82. The van der Waals surface area contributed by atoms with Crippen LogP contribution in [0.1, 0.15) is 24.8 Å². The molecule has 0 amide bonds. The van der Waals surface area contributed by atoms with Crippen molar-refractivity contribution in [2.75, 3.05) is 20.6 Å². The van der Waals surface area contributed by atoms with Gasteiger partial charge >= 0.3 is 0 Å². The van der Waals surface area contributed by atoms with Crippen LogP contribution in [0.4, 0.5) is 0 Å². The van der Waals surface area contributed by atoms with E-state index in [2.05, 4.69) is 5.32 Å². The molecule has 6 heteroatoms. The maximum atomic E-state index is 12.5. The third-order valence-electron chi connectivity index (χ3n) is 3.84. The highest BCUT2D eigenvalue weighted by Gasteiger charge is 2.27. The van der Waals surface area contributed by atoms with Gasteiger partial charge in [0.25, 0.3) is 0 Å². The van der Waals surface area contributed by atoms with Gasteiger partial charge in [-0.15, -0.1) is 0 Å². The van der Waals surface area contributed by atoms with Crippen LogP contribution >= 0.6 is 11.6 Å². The Bertz CT molecular complexity index is 571. The molecule has 0 bridgehead atoms. The molecule has 0 saturated heterocycles. The van der Waals surface area contributed by atoms with E-state index in [1.54, 1.807) is 25.2 Å². The van der Waals surface area contributed by atoms with Gasteiger partial charge in [0.2, 0.25) is 10.0 Å². The molecule has 0 heterocycles. The molecule has 0 aliphatic heterocycles. The zero-order valence-electron chi connectivity index (χ0n) is 11.9. The minimum absolute atomic E-state index is 0.268. The molecule has 1 aliphatic carbocycles. The fourth-order valence-corrected chi connectivity index (χ4v) is 3.93. The third kappa shape index (κ3) is 3.34. The van der Waals surface area contributed by atoms with Crippen LogP contribution in [0.5, 0.6) is 0 Å². The average molecular weight is 317 g/mol. The topological polar surface area (TPSA) is 49.4 Å². The number of hydrogen-bond acceptors (Lipinski definition) is 3. The summed E-state index contributed by atoms with van der Waals surface area (Å²) in [7, 11) is 0.0327. The van der Waals surface area contributed by atoms with Crippen LogP contribution in [0.15, 0.2) is 23.1 Å².